The van der Waals surface area contributed by atoms with Crippen molar-refractivity contribution >= 4 is 9.28 Å². The molecular weight excluding hydrogens is 366 g/mol. The standard InChI is InChI=1S/C16H22F6O2Si/c1-3-23-25(24-4-2)8-6-5-7-12-9-13(15(17,18)19)11-14(10-12)16(20,21)22/h9-11,25H,3-8H2,1-2H3. The number of benzene rings is 1. The molecule has 0 aliphatic carbocycles. The molecular formula is C16H22F6O2Si. The van der Waals surface area contributed by atoms with E-state index in [1.165, 1.54) is 0 Å². The van der Waals surface area contributed by atoms with Crippen LogP contribution in [0.3, 0.4) is 0 Å². The van der Waals surface area contributed by atoms with Crippen LogP contribution in [0.2, 0.25) is 6.04 Å². The van der Waals surface area contributed by atoms with Crippen molar-refractivity contribution < 1.29 is 35.2 Å². The van der Waals surface area contributed by atoms with E-state index < -0.39 is 32.8 Å². The minimum Gasteiger partial charge on any atom is -0.397 e. The molecule has 1 rings (SSSR count). The van der Waals surface area contributed by atoms with Crippen LogP contribution >= 0.6 is 0 Å². The summed E-state index contributed by atoms with van der Waals surface area (Å²) in [6.07, 6.45) is -8.36. The summed E-state index contributed by atoms with van der Waals surface area (Å²) in [5.74, 6) is 0. The third-order valence-corrected chi connectivity index (χ3v) is 5.80. The van der Waals surface area contributed by atoms with Crippen LogP contribution in [0, 0.1) is 0 Å². The summed E-state index contributed by atoms with van der Waals surface area (Å²) in [5.41, 5.74) is -2.50. The predicted octanol–water partition coefficient (Wildman–Crippen LogP) is 5.34. The second-order valence-corrected chi connectivity index (χ2v) is 7.60. The van der Waals surface area contributed by atoms with Crippen LogP contribution in [0.15, 0.2) is 18.2 Å². The number of unbranched alkanes of at least 4 members (excludes halogenated alkanes) is 1. The van der Waals surface area contributed by atoms with Gasteiger partial charge in [-0.3, -0.25) is 0 Å². The Hall–Kier alpha value is -1.06. The first-order valence-electron chi connectivity index (χ1n) is 8.09. The molecule has 0 saturated carbocycles. The van der Waals surface area contributed by atoms with Crippen molar-refractivity contribution in [2.75, 3.05) is 13.2 Å². The zero-order valence-electron chi connectivity index (χ0n) is 14.1. The average molecular weight is 388 g/mol. The zero-order chi connectivity index (χ0) is 19.1. The summed E-state index contributed by atoms with van der Waals surface area (Å²) >= 11 is 0. The summed E-state index contributed by atoms with van der Waals surface area (Å²) in [6.45, 7) is 4.75. The minimum absolute atomic E-state index is 0.0354. The molecule has 0 saturated heterocycles. The van der Waals surface area contributed by atoms with Crippen molar-refractivity contribution in [3.05, 3.63) is 34.9 Å². The molecule has 1 aromatic carbocycles. The number of hydrogen-bond donors (Lipinski definition) is 0. The molecule has 0 fully saturated rings. The Balaban J connectivity index is 2.74. The van der Waals surface area contributed by atoms with Crippen molar-refractivity contribution in [3.8, 4) is 0 Å². The lowest BCUT2D eigenvalue weighted by atomic mass is 10.0. The van der Waals surface area contributed by atoms with Gasteiger partial charge in [-0.05, 0) is 56.5 Å². The molecule has 0 aromatic heterocycles. The molecule has 9 heteroatoms. The van der Waals surface area contributed by atoms with Gasteiger partial charge >= 0.3 is 21.6 Å². The Morgan fingerprint density at radius 1 is 0.800 bits per heavy atom. The fourth-order valence-corrected chi connectivity index (χ4v) is 4.19. The average Bonchev–Trinajstić information content (AvgIpc) is 2.50. The maximum Gasteiger partial charge on any atom is 0.416 e. The highest BCUT2D eigenvalue weighted by molar-refractivity contribution is 6.44. The Morgan fingerprint density at radius 3 is 1.68 bits per heavy atom. The Morgan fingerprint density at radius 2 is 1.28 bits per heavy atom. The van der Waals surface area contributed by atoms with Gasteiger partial charge in [-0.15, -0.1) is 0 Å². The molecule has 144 valence electrons. The lowest BCUT2D eigenvalue weighted by molar-refractivity contribution is -0.143. The number of aryl methyl sites for hydroxylation is 1. The maximum atomic E-state index is 12.8. The third kappa shape index (κ3) is 7.79. The normalized spacial score (nSPS) is 12.8. The van der Waals surface area contributed by atoms with Gasteiger partial charge in [0.05, 0.1) is 11.1 Å². The summed E-state index contributed by atoms with van der Waals surface area (Å²) in [6, 6.07) is 2.40. The van der Waals surface area contributed by atoms with Crippen LogP contribution < -0.4 is 0 Å². The van der Waals surface area contributed by atoms with E-state index in [-0.39, 0.29) is 18.1 Å². The Labute approximate surface area is 145 Å². The smallest absolute Gasteiger partial charge is 0.397 e. The topological polar surface area (TPSA) is 18.5 Å². The van der Waals surface area contributed by atoms with E-state index in [2.05, 4.69) is 0 Å². The highest BCUT2D eigenvalue weighted by atomic mass is 28.3. The first-order valence-corrected chi connectivity index (χ1v) is 9.85. The van der Waals surface area contributed by atoms with Crippen molar-refractivity contribution in [2.24, 2.45) is 0 Å². The van der Waals surface area contributed by atoms with Crippen LogP contribution in [0.25, 0.3) is 0 Å². The first kappa shape index (κ1) is 22.0. The van der Waals surface area contributed by atoms with E-state index in [1.807, 2.05) is 13.8 Å². The lowest BCUT2D eigenvalue weighted by Gasteiger charge is -2.15. The zero-order valence-corrected chi connectivity index (χ0v) is 15.3. The van der Waals surface area contributed by atoms with Crippen LogP contribution in [-0.2, 0) is 27.6 Å². The van der Waals surface area contributed by atoms with E-state index >= 15 is 0 Å². The van der Waals surface area contributed by atoms with E-state index in [1.54, 1.807) is 0 Å². The highest BCUT2D eigenvalue weighted by Crippen LogP contribution is 2.36. The van der Waals surface area contributed by atoms with E-state index in [9.17, 15) is 26.3 Å². The van der Waals surface area contributed by atoms with Gasteiger partial charge in [0.25, 0.3) is 0 Å². The molecule has 0 N–H and O–H groups in total. The summed E-state index contributed by atoms with van der Waals surface area (Å²) in [5, 5.41) is 0. The number of halogens is 6. The second-order valence-electron chi connectivity index (χ2n) is 5.50. The first-order chi connectivity index (χ1) is 11.6. The van der Waals surface area contributed by atoms with Crippen LogP contribution in [0.1, 0.15) is 43.4 Å². The largest absolute Gasteiger partial charge is 0.416 e. The van der Waals surface area contributed by atoms with E-state index in [0.717, 1.165) is 12.1 Å². The number of rotatable bonds is 9. The highest BCUT2D eigenvalue weighted by Gasteiger charge is 2.36. The van der Waals surface area contributed by atoms with Gasteiger partial charge in [-0.1, -0.05) is 6.42 Å². The van der Waals surface area contributed by atoms with E-state index in [4.69, 9.17) is 8.85 Å². The van der Waals surface area contributed by atoms with Gasteiger partial charge in [-0.25, -0.2) is 0 Å². The van der Waals surface area contributed by atoms with Gasteiger partial charge in [0, 0.05) is 13.2 Å². The quantitative estimate of drug-likeness (QED) is 0.323. The molecule has 0 radical (unpaired) electrons. The van der Waals surface area contributed by atoms with E-state index in [0.29, 0.717) is 32.1 Å². The molecule has 0 spiro atoms. The fraction of sp³-hybridized carbons (Fsp3) is 0.625. The molecule has 0 unspecified atom stereocenters. The molecule has 0 heterocycles. The third-order valence-electron chi connectivity index (χ3n) is 3.51. The van der Waals surface area contributed by atoms with Gasteiger partial charge in [0.1, 0.15) is 0 Å². The molecule has 25 heavy (non-hydrogen) atoms. The van der Waals surface area contributed by atoms with Crippen LogP contribution in [0.5, 0.6) is 0 Å². The molecule has 0 bridgehead atoms. The van der Waals surface area contributed by atoms with Crippen LogP contribution in [0.4, 0.5) is 26.3 Å². The van der Waals surface area contributed by atoms with Gasteiger partial charge in [-0.2, -0.15) is 26.3 Å². The molecule has 0 aliphatic rings. The molecule has 0 aliphatic heterocycles. The second kappa shape index (κ2) is 9.58. The molecule has 0 amide bonds. The molecule has 1 aromatic rings. The molecule has 0 atom stereocenters. The Kier molecular flexibility index (Phi) is 8.43. The summed E-state index contributed by atoms with van der Waals surface area (Å²) in [7, 11) is -1.79. The number of alkyl halides is 6. The predicted molar refractivity (Wildman–Crippen MR) is 84.6 cm³/mol. The monoisotopic (exact) mass is 388 g/mol. The summed E-state index contributed by atoms with van der Waals surface area (Å²) < 4.78 is 87.8. The Bertz CT molecular complexity index is 492. The van der Waals surface area contributed by atoms with Gasteiger partial charge in [0.15, 0.2) is 0 Å². The SMILES string of the molecule is CCO[SiH](CCCCc1cc(C(F)(F)F)cc(C(F)(F)F)c1)OCC. The minimum atomic E-state index is -4.81. The van der Waals surface area contributed by atoms with Gasteiger partial charge < -0.3 is 8.85 Å². The van der Waals surface area contributed by atoms with Gasteiger partial charge in [0.2, 0.25) is 0 Å². The van der Waals surface area contributed by atoms with Crippen LogP contribution in [-0.4, -0.2) is 22.5 Å². The number of hydrogen-bond acceptors (Lipinski definition) is 2. The van der Waals surface area contributed by atoms with Crippen molar-refractivity contribution in [1.29, 1.82) is 0 Å². The van der Waals surface area contributed by atoms with Crippen molar-refractivity contribution in [1.82, 2.24) is 0 Å². The van der Waals surface area contributed by atoms with Crippen molar-refractivity contribution in [3.63, 3.8) is 0 Å². The summed E-state index contributed by atoms with van der Waals surface area (Å²) in [4.78, 5) is 0. The lowest BCUT2D eigenvalue weighted by Crippen LogP contribution is -2.22. The maximum absolute atomic E-state index is 12.8. The fourth-order valence-electron chi connectivity index (χ4n) is 2.39. The van der Waals surface area contributed by atoms with Crippen molar-refractivity contribution in [2.45, 2.75) is 51.5 Å². The molecule has 2 nitrogen and oxygen atoms in total.